The van der Waals surface area contributed by atoms with Crippen LogP contribution in [0.25, 0.3) is 0 Å². The Balaban J connectivity index is 3.27. The molecule has 0 aliphatic heterocycles. The molecule has 3 heteroatoms. The lowest BCUT2D eigenvalue weighted by atomic mass is 10.3. The summed E-state index contributed by atoms with van der Waals surface area (Å²) in [4.78, 5) is 0. The summed E-state index contributed by atoms with van der Waals surface area (Å²) < 4.78 is 10.7. The Labute approximate surface area is 59.5 Å². The fraction of sp³-hybridized carbons (Fsp3) is 1.00. The molecule has 2 nitrogen and oxygen atoms in total. The van der Waals surface area contributed by atoms with Gasteiger partial charge >= 0.3 is 0 Å². The van der Waals surface area contributed by atoms with Crippen LogP contribution in [0.1, 0.15) is 13.3 Å². The lowest BCUT2D eigenvalue weighted by molar-refractivity contribution is 0.658. The smallest absolute Gasteiger partial charge is 0.0329 e. The summed E-state index contributed by atoms with van der Waals surface area (Å²) in [6, 6.07) is 0. The topological polar surface area (TPSA) is 29.1 Å². The van der Waals surface area contributed by atoms with Crippen LogP contribution in [0.2, 0.25) is 0 Å². The zero-order valence-corrected chi connectivity index (χ0v) is 7.12. The highest BCUT2D eigenvalue weighted by molar-refractivity contribution is 7.84. The normalized spacial score (nSPS) is 17.2. The van der Waals surface area contributed by atoms with Crippen molar-refractivity contribution in [3.63, 3.8) is 0 Å². The molecule has 0 aromatic rings. The maximum Gasteiger partial charge on any atom is 0.0329 e. The minimum Gasteiger partial charge on any atom is -0.320 e. The van der Waals surface area contributed by atoms with Gasteiger partial charge in [0.15, 0.2) is 0 Å². The first-order valence-electron chi connectivity index (χ1n) is 3.15. The molecule has 9 heavy (non-hydrogen) atoms. The first-order chi connectivity index (χ1) is 4.18. The van der Waals surface area contributed by atoms with Crippen molar-refractivity contribution in [2.24, 2.45) is 0 Å². The van der Waals surface area contributed by atoms with Crippen molar-refractivity contribution in [1.29, 1.82) is 0 Å². The number of rotatable bonds is 4. The van der Waals surface area contributed by atoms with Gasteiger partial charge in [0.25, 0.3) is 0 Å². The lowest BCUT2D eigenvalue weighted by Gasteiger charge is -2.05. The third-order valence-corrected chi connectivity index (χ3v) is 2.74. The van der Waals surface area contributed by atoms with E-state index < -0.39 is 10.8 Å². The van der Waals surface area contributed by atoms with Crippen LogP contribution in [-0.4, -0.2) is 29.3 Å². The summed E-state index contributed by atoms with van der Waals surface area (Å²) in [7, 11) is 1.26. The molecule has 0 aliphatic rings. The van der Waals surface area contributed by atoms with Crippen LogP contribution < -0.4 is 5.32 Å². The lowest BCUT2D eigenvalue weighted by Crippen LogP contribution is -2.17. The fourth-order valence-corrected chi connectivity index (χ4v) is 0.963. The average molecular weight is 149 g/mol. The van der Waals surface area contributed by atoms with Crippen molar-refractivity contribution in [2.45, 2.75) is 18.6 Å². The molecular weight excluding hydrogens is 134 g/mol. The van der Waals surface area contributed by atoms with Crippen molar-refractivity contribution in [2.75, 3.05) is 19.8 Å². The second-order valence-electron chi connectivity index (χ2n) is 2.20. The van der Waals surface area contributed by atoms with Gasteiger partial charge in [0.1, 0.15) is 0 Å². The Hall–Kier alpha value is 0.110. The molecule has 56 valence electrons. The van der Waals surface area contributed by atoms with Gasteiger partial charge in [0.05, 0.1) is 0 Å². The molecule has 0 amide bonds. The van der Waals surface area contributed by atoms with E-state index in [1.165, 1.54) is 0 Å². The Bertz CT molecular complexity index is 95.1. The molecule has 0 radical (unpaired) electrons. The largest absolute Gasteiger partial charge is 0.320 e. The van der Waals surface area contributed by atoms with Crippen LogP contribution in [0.5, 0.6) is 0 Å². The van der Waals surface area contributed by atoms with E-state index in [1.807, 2.05) is 14.0 Å². The van der Waals surface area contributed by atoms with Crippen LogP contribution in [0.4, 0.5) is 0 Å². The second-order valence-corrected chi connectivity index (χ2v) is 4.00. The summed E-state index contributed by atoms with van der Waals surface area (Å²) in [5, 5.41) is 3.35. The Morgan fingerprint density at radius 1 is 1.67 bits per heavy atom. The summed E-state index contributed by atoms with van der Waals surface area (Å²) >= 11 is 0. The zero-order chi connectivity index (χ0) is 7.28. The predicted octanol–water partition coefficient (Wildman–Crippen LogP) is 0.363. The van der Waals surface area contributed by atoms with Gasteiger partial charge in [-0.15, -0.1) is 0 Å². The maximum absolute atomic E-state index is 10.7. The van der Waals surface area contributed by atoms with Crippen molar-refractivity contribution >= 4 is 10.8 Å². The average Bonchev–Trinajstić information content (AvgIpc) is 1.82. The van der Waals surface area contributed by atoms with E-state index in [2.05, 4.69) is 5.32 Å². The highest BCUT2D eigenvalue weighted by atomic mass is 32.2. The highest BCUT2D eigenvalue weighted by Gasteiger charge is 2.03. The Morgan fingerprint density at radius 3 is 2.56 bits per heavy atom. The summed E-state index contributed by atoms with van der Waals surface area (Å²) in [6.07, 6.45) is 2.75. The zero-order valence-electron chi connectivity index (χ0n) is 6.31. The molecule has 0 rings (SSSR count). The Morgan fingerprint density at radius 2 is 2.22 bits per heavy atom. The monoisotopic (exact) mass is 149 g/mol. The molecular formula is C6H15NOS. The van der Waals surface area contributed by atoms with E-state index in [0.717, 1.165) is 13.0 Å². The van der Waals surface area contributed by atoms with Gasteiger partial charge in [-0.3, -0.25) is 4.21 Å². The summed E-state index contributed by atoms with van der Waals surface area (Å²) in [5.41, 5.74) is 0. The number of hydrogen-bond acceptors (Lipinski definition) is 2. The molecule has 0 spiro atoms. The summed E-state index contributed by atoms with van der Waals surface area (Å²) in [5.74, 6) is 0. The van der Waals surface area contributed by atoms with Gasteiger partial charge in [0.2, 0.25) is 0 Å². The van der Waals surface area contributed by atoms with Crippen molar-refractivity contribution in [3.05, 3.63) is 0 Å². The number of nitrogens with one attached hydrogen (secondary N) is 1. The Kier molecular flexibility index (Phi) is 5.00. The standard InChI is InChI=1S/C6H15NOS/c1-6(9(3)8)4-5-7-2/h6-7H,4-5H2,1-3H3. The van der Waals surface area contributed by atoms with Gasteiger partial charge in [-0.2, -0.15) is 0 Å². The van der Waals surface area contributed by atoms with E-state index in [9.17, 15) is 4.21 Å². The van der Waals surface area contributed by atoms with E-state index in [-0.39, 0.29) is 0 Å². The van der Waals surface area contributed by atoms with Crippen molar-refractivity contribution in [3.8, 4) is 0 Å². The van der Waals surface area contributed by atoms with Gasteiger partial charge in [-0.25, -0.2) is 0 Å². The summed E-state index contributed by atoms with van der Waals surface area (Å²) in [6.45, 7) is 2.97. The third kappa shape index (κ3) is 4.60. The SMILES string of the molecule is CNCCC(C)S(C)=O. The van der Waals surface area contributed by atoms with Gasteiger partial charge in [0, 0.05) is 22.3 Å². The predicted molar refractivity (Wildman–Crippen MR) is 42.1 cm³/mol. The molecule has 0 bridgehead atoms. The molecule has 0 aromatic carbocycles. The highest BCUT2D eigenvalue weighted by Crippen LogP contribution is 1.96. The van der Waals surface area contributed by atoms with Gasteiger partial charge in [-0.1, -0.05) is 6.92 Å². The molecule has 0 fully saturated rings. The van der Waals surface area contributed by atoms with Gasteiger partial charge in [-0.05, 0) is 20.0 Å². The molecule has 0 heterocycles. The van der Waals surface area contributed by atoms with Gasteiger partial charge < -0.3 is 5.32 Å². The maximum atomic E-state index is 10.7. The quantitative estimate of drug-likeness (QED) is 0.625. The minimum absolute atomic E-state index is 0.331. The number of hydrogen-bond donors (Lipinski definition) is 1. The van der Waals surface area contributed by atoms with Crippen LogP contribution in [-0.2, 0) is 10.8 Å². The molecule has 0 saturated carbocycles. The molecule has 2 atom stereocenters. The molecule has 2 unspecified atom stereocenters. The van der Waals surface area contributed by atoms with E-state index in [1.54, 1.807) is 6.26 Å². The van der Waals surface area contributed by atoms with E-state index in [0.29, 0.717) is 5.25 Å². The third-order valence-electron chi connectivity index (χ3n) is 1.37. The fourth-order valence-electron chi connectivity index (χ4n) is 0.514. The van der Waals surface area contributed by atoms with Crippen LogP contribution >= 0.6 is 0 Å². The molecule has 0 saturated heterocycles. The van der Waals surface area contributed by atoms with Crippen LogP contribution in [0, 0.1) is 0 Å². The van der Waals surface area contributed by atoms with Crippen LogP contribution in [0.15, 0.2) is 0 Å². The van der Waals surface area contributed by atoms with Crippen LogP contribution in [0.3, 0.4) is 0 Å². The van der Waals surface area contributed by atoms with E-state index in [4.69, 9.17) is 0 Å². The second kappa shape index (κ2) is 4.94. The molecule has 0 aliphatic carbocycles. The molecule has 1 N–H and O–H groups in total. The van der Waals surface area contributed by atoms with Crippen molar-refractivity contribution < 1.29 is 4.21 Å². The first kappa shape index (κ1) is 9.11. The van der Waals surface area contributed by atoms with Crippen molar-refractivity contribution in [1.82, 2.24) is 5.32 Å². The molecule has 0 aromatic heterocycles. The minimum atomic E-state index is -0.652. The van der Waals surface area contributed by atoms with E-state index >= 15 is 0 Å². The first-order valence-corrected chi connectivity index (χ1v) is 4.77.